The number of anilines is 2. The second-order valence-corrected chi connectivity index (χ2v) is 24.8. The molecule has 0 aromatic heterocycles. The topological polar surface area (TPSA) is 92.5 Å². The van der Waals surface area contributed by atoms with Crippen molar-refractivity contribution in [2.45, 2.75) is 140 Å². The van der Waals surface area contributed by atoms with Crippen molar-refractivity contribution in [1.29, 1.82) is 0 Å². The maximum Gasteiger partial charge on any atom is 0.138 e. The van der Waals surface area contributed by atoms with Crippen LogP contribution in [-0.2, 0) is 5.41 Å². The van der Waals surface area contributed by atoms with Crippen molar-refractivity contribution in [2.75, 3.05) is 11.5 Å². The van der Waals surface area contributed by atoms with Crippen molar-refractivity contribution >= 4 is 11.4 Å². The van der Waals surface area contributed by atoms with Crippen molar-refractivity contribution < 1.29 is 10.2 Å². The molecule has 4 heteroatoms. The quantitative estimate of drug-likeness (QED) is 0.181. The van der Waals surface area contributed by atoms with E-state index in [0.29, 0.717) is 28.1 Å². The summed E-state index contributed by atoms with van der Waals surface area (Å²) in [6, 6.07) is 13.0. The van der Waals surface area contributed by atoms with E-state index in [1.165, 1.54) is 81.8 Å². The summed E-state index contributed by atoms with van der Waals surface area (Å²) in [6.45, 7) is 0. The monoisotopic (exact) mass is 753 g/mol. The Morgan fingerprint density at radius 2 is 0.857 bits per heavy atom. The Morgan fingerprint density at radius 3 is 1.32 bits per heavy atom. The number of nitrogens with two attached hydrogens (primary N) is 2. The van der Waals surface area contributed by atoms with Crippen molar-refractivity contribution in [3.63, 3.8) is 0 Å². The molecule has 4 nitrogen and oxygen atoms in total. The molecule has 0 aliphatic heterocycles. The third kappa shape index (κ3) is 3.88. The normalized spacial score (nSPS) is 54.4. The Kier molecular flexibility index (Phi) is 6.38. The van der Waals surface area contributed by atoms with Gasteiger partial charge in [-0.3, -0.25) is 0 Å². The van der Waals surface area contributed by atoms with Crippen LogP contribution in [0, 0.1) is 105 Å². The highest BCUT2D eigenvalue weighted by Gasteiger charge is 2.80. The van der Waals surface area contributed by atoms with Crippen LogP contribution < -0.4 is 11.5 Å². The van der Waals surface area contributed by atoms with Crippen LogP contribution in [0.25, 0.3) is 0 Å². The number of hydrogen-bond acceptors (Lipinski definition) is 4. The third-order valence-corrected chi connectivity index (χ3v) is 22.5. The lowest BCUT2D eigenvalue weighted by molar-refractivity contribution is -0.321. The van der Waals surface area contributed by atoms with Gasteiger partial charge in [0.05, 0.1) is 11.4 Å². The zero-order valence-corrected chi connectivity index (χ0v) is 33.9. The maximum atomic E-state index is 11.6. The molecule has 18 rings (SSSR count). The molecule has 16 saturated carbocycles. The molecule has 2 aromatic carbocycles. The van der Waals surface area contributed by atoms with Gasteiger partial charge in [0, 0.05) is 5.41 Å². The molecule has 0 spiro atoms. The number of aromatic hydroxyl groups is 2. The van der Waals surface area contributed by atoms with E-state index in [2.05, 4.69) is 24.3 Å². The molecule has 16 aliphatic rings. The van der Waals surface area contributed by atoms with E-state index < -0.39 is 0 Å². The first kappa shape index (κ1) is 33.5. The molecule has 2 aromatic rings. The van der Waals surface area contributed by atoms with Crippen LogP contribution in [0.2, 0.25) is 0 Å². The second-order valence-electron chi connectivity index (χ2n) is 24.8. The highest BCUT2D eigenvalue weighted by atomic mass is 16.3. The lowest BCUT2D eigenvalue weighted by Crippen LogP contribution is -2.76. The van der Waals surface area contributed by atoms with Crippen LogP contribution in [-0.4, -0.2) is 10.2 Å². The van der Waals surface area contributed by atoms with E-state index >= 15 is 0 Å². The average molecular weight is 753 g/mol. The summed E-state index contributed by atoms with van der Waals surface area (Å²) in [6.07, 6.45) is 31.3. The molecule has 56 heavy (non-hydrogen) atoms. The fourth-order valence-corrected chi connectivity index (χ4v) is 23.6. The van der Waals surface area contributed by atoms with Gasteiger partial charge in [0.2, 0.25) is 0 Å². The molecular formula is C52H68N2O2. The van der Waals surface area contributed by atoms with Crippen molar-refractivity contribution in [3.8, 4) is 11.5 Å². The number of benzene rings is 2. The Balaban J connectivity index is 1.04. The first-order valence-corrected chi connectivity index (χ1v) is 24.3. The number of rotatable bonds is 5. The van der Waals surface area contributed by atoms with Gasteiger partial charge in [0.15, 0.2) is 0 Å². The van der Waals surface area contributed by atoms with Gasteiger partial charge in [-0.25, -0.2) is 0 Å². The standard InChI is InChI=1S/C52H68N2O2/c53-42-3-1-39(17-44(42)55)52(40-2-4-43(54)45(56)18-40)41-15-35-10-36(16-41)27-51(52,26-35)50-24-33-9-34(25-50)14-38(13-33)47(50)49-22-31-8-32(23-49)12-37(11-31)46(49)48-19-28-5-29(20-48)7-30(6-28)21-48/h1-4,17-18,28-38,41,46-47,55-56H,5-16,19-27,53-54H2. The highest BCUT2D eigenvalue weighted by Crippen LogP contribution is 2.87. The number of hydrogen-bond donors (Lipinski definition) is 4. The van der Waals surface area contributed by atoms with Crippen LogP contribution in [0.1, 0.15) is 146 Å². The van der Waals surface area contributed by atoms with E-state index in [9.17, 15) is 10.2 Å². The summed E-state index contributed by atoms with van der Waals surface area (Å²) in [7, 11) is 0. The fraction of sp³-hybridized carbons (Fsp3) is 0.769. The van der Waals surface area contributed by atoms with E-state index in [1.54, 1.807) is 64.2 Å². The zero-order chi connectivity index (χ0) is 37.1. The molecule has 16 bridgehead atoms. The lowest BCUT2D eigenvalue weighted by Gasteiger charge is -2.82. The van der Waals surface area contributed by atoms with Gasteiger partial charge >= 0.3 is 0 Å². The fourth-order valence-electron chi connectivity index (χ4n) is 23.6. The van der Waals surface area contributed by atoms with Crippen LogP contribution in [0.3, 0.4) is 0 Å². The molecule has 298 valence electrons. The number of nitrogen functional groups attached to an aromatic ring is 2. The highest BCUT2D eigenvalue weighted by molar-refractivity contribution is 5.61. The molecule has 0 radical (unpaired) electrons. The first-order chi connectivity index (χ1) is 27.1. The smallest absolute Gasteiger partial charge is 0.138 e. The average Bonchev–Trinajstić information content (AvgIpc) is 3.12. The van der Waals surface area contributed by atoms with Gasteiger partial charge < -0.3 is 21.7 Å². The summed E-state index contributed by atoms with van der Waals surface area (Å²) < 4.78 is 0. The minimum atomic E-state index is -0.279. The van der Waals surface area contributed by atoms with Gasteiger partial charge in [-0.05, 0) is 275 Å². The van der Waals surface area contributed by atoms with Crippen LogP contribution in [0.5, 0.6) is 11.5 Å². The predicted octanol–water partition coefficient (Wildman–Crippen LogP) is 11.5. The van der Waals surface area contributed by atoms with Crippen LogP contribution >= 0.6 is 0 Å². The second kappa shape index (κ2) is 10.7. The number of phenolic OH excluding ortho intramolecular Hbond substituents is 2. The van der Waals surface area contributed by atoms with E-state index in [4.69, 9.17) is 11.5 Å². The van der Waals surface area contributed by atoms with Gasteiger partial charge in [-0.15, -0.1) is 0 Å². The minimum Gasteiger partial charge on any atom is -0.506 e. The van der Waals surface area contributed by atoms with Crippen molar-refractivity contribution in [3.05, 3.63) is 47.5 Å². The molecule has 0 heterocycles. The Bertz CT molecular complexity index is 1890. The van der Waals surface area contributed by atoms with Crippen LogP contribution in [0.15, 0.2) is 36.4 Å². The molecular weight excluding hydrogens is 685 g/mol. The molecule has 16 fully saturated rings. The largest absolute Gasteiger partial charge is 0.506 e. The maximum absolute atomic E-state index is 11.6. The van der Waals surface area contributed by atoms with Gasteiger partial charge in [-0.1, -0.05) is 12.1 Å². The lowest BCUT2D eigenvalue weighted by atomic mass is 9.21. The molecule has 6 N–H and O–H groups in total. The van der Waals surface area contributed by atoms with E-state index in [0.717, 1.165) is 76.9 Å². The summed E-state index contributed by atoms with van der Waals surface area (Å²) in [5.41, 5.74) is 17.8. The van der Waals surface area contributed by atoms with Gasteiger partial charge in [0.25, 0.3) is 0 Å². The molecule has 16 aliphatic carbocycles. The third-order valence-electron chi connectivity index (χ3n) is 22.5. The van der Waals surface area contributed by atoms with Crippen molar-refractivity contribution in [1.82, 2.24) is 0 Å². The van der Waals surface area contributed by atoms with Gasteiger partial charge in [-0.2, -0.15) is 0 Å². The summed E-state index contributed by atoms with van der Waals surface area (Å²) in [5, 5.41) is 23.3. The van der Waals surface area contributed by atoms with E-state index in [-0.39, 0.29) is 27.7 Å². The molecule has 0 saturated heterocycles. The molecule has 8 unspecified atom stereocenters. The summed E-state index contributed by atoms with van der Waals surface area (Å²) >= 11 is 0. The molecule has 8 atom stereocenters. The predicted molar refractivity (Wildman–Crippen MR) is 221 cm³/mol. The SMILES string of the molecule is Nc1ccc(C2(c3ccc(N)c(O)c3)C3CC4CC(C3)CC2(C23CC5CC(CC(C5)C2C25CC6CC(CC(C6)C2C26CC7CC(CC(C7)C2)C6)C5)C3)C4)cc1O. The Morgan fingerprint density at radius 1 is 0.446 bits per heavy atom. The zero-order valence-electron chi connectivity index (χ0n) is 33.9. The summed E-state index contributed by atoms with van der Waals surface area (Å²) in [4.78, 5) is 0. The van der Waals surface area contributed by atoms with E-state index in [1.807, 2.05) is 12.1 Å². The van der Waals surface area contributed by atoms with Crippen LogP contribution in [0.4, 0.5) is 11.4 Å². The van der Waals surface area contributed by atoms with Gasteiger partial charge in [0.1, 0.15) is 11.5 Å². The Hall–Kier alpha value is -2.36. The molecule has 0 amide bonds. The Labute approximate surface area is 335 Å². The van der Waals surface area contributed by atoms with Crippen molar-refractivity contribution in [2.24, 2.45) is 105 Å². The summed E-state index contributed by atoms with van der Waals surface area (Å²) in [5.74, 6) is 13.0. The first-order valence-electron chi connectivity index (χ1n) is 24.3. The number of phenols is 2. The minimum absolute atomic E-state index is 0.0931.